The zero-order valence-electron chi connectivity index (χ0n) is 12.2. The minimum Gasteiger partial charge on any atom is -0.468 e. The van der Waals surface area contributed by atoms with Gasteiger partial charge in [-0.05, 0) is 49.7 Å². The summed E-state index contributed by atoms with van der Waals surface area (Å²) in [6, 6.07) is 4.79. The number of nitrogens with zero attached hydrogens (tertiary/aromatic N) is 1. The van der Waals surface area contributed by atoms with E-state index in [1.165, 1.54) is 32.1 Å². The van der Waals surface area contributed by atoms with Gasteiger partial charge in [0.15, 0.2) is 0 Å². The van der Waals surface area contributed by atoms with Crippen molar-refractivity contribution >= 4 is 0 Å². The molecular formula is C16H26N2O. The van der Waals surface area contributed by atoms with Gasteiger partial charge in [0, 0.05) is 18.1 Å². The lowest BCUT2D eigenvalue weighted by atomic mass is 9.86. The Morgan fingerprint density at radius 3 is 2.63 bits per heavy atom. The van der Waals surface area contributed by atoms with E-state index >= 15 is 0 Å². The Kier molecular flexibility index (Phi) is 3.22. The van der Waals surface area contributed by atoms with Gasteiger partial charge in [-0.15, -0.1) is 0 Å². The standard InChI is InChI=1S/C16H26N2O/c1-15(2)7-8-16(11-15,12-17)18(13-5-6-13)10-14-4-3-9-19-14/h3-4,9,13H,5-8,10-12,17H2,1-2H3. The molecule has 2 aliphatic rings. The smallest absolute Gasteiger partial charge is 0.117 e. The molecule has 3 heteroatoms. The van der Waals surface area contributed by atoms with Gasteiger partial charge in [-0.25, -0.2) is 0 Å². The normalized spacial score (nSPS) is 30.1. The summed E-state index contributed by atoms with van der Waals surface area (Å²) in [5.74, 6) is 1.07. The Hall–Kier alpha value is -0.800. The quantitative estimate of drug-likeness (QED) is 0.886. The molecule has 1 aromatic heterocycles. The Bertz CT molecular complexity index is 422. The van der Waals surface area contributed by atoms with Crippen LogP contribution < -0.4 is 5.73 Å². The molecule has 0 saturated heterocycles. The molecule has 1 atom stereocenters. The SMILES string of the molecule is CC1(C)CCC(CN)(N(Cc2ccco2)C2CC2)C1. The van der Waals surface area contributed by atoms with E-state index in [4.69, 9.17) is 10.2 Å². The first-order valence-electron chi connectivity index (χ1n) is 7.54. The first-order chi connectivity index (χ1) is 9.05. The van der Waals surface area contributed by atoms with Crippen LogP contribution in [0, 0.1) is 5.41 Å². The topological polar surface area (TPSA) is 42.4 Å². The molecule has 1 unspecified atom stereocenters. The fourth-order valence-corrected chi connectivity index (χ4v) is 3.82. The summed E-state index contributed by atoms with van der Waals surface area (Å²) in [6.45, 7) is 6.45. The minimum absolute atomic E-state index is 0.192. The van der Waals surface area contributed by atoms with Crippen molar-refractivity contribution in [3.05, 3.63) is 24.2 Å². The lowest BCUT2D eigenvalue weighted by Gasteiger charge is -2.41. The maximum absolute atomic E-state index is 6.21. The van der Waals surface area contributed by atoms with Crippen LogP contribution in [0.5, 0.6) is 0 Å². The third-order valence-electron chi connectivity index (χ3n) is 4.96. The first kappa shape index (κ1) is 13.2. The van der Waals surface area contributed by atoms with Crippen molar-refractivity contribution in [3.8, 4) is 0 Å². The van der Waals surface area contributed by atoms with E-state index < -0.39 is 0 Å². The summed E-state index contributed by atoms with van der Waals surface area (Å²) >= 11 is 0. The Balaban J connectivity index is 1.82. The van der Waals surface area contributed by atoms with Crippen molar-refractivity contribution in [2.24, 2.45) is 11.1 Å². The summed E-state index contributed by atoms with van der Waals surface area (Å²) in [5.41, 5.74) is 6.83. The summed E-state index contributed by atoms with van der Waals surface area (Å²) in [5, 5.41) is 0. The molecule has 106 valence electrons. The van der Waals surface area contributed by atoms with Gasteiger partial charge >= 0.3 is 0 Å². The predicted octanol–water partition coefficient (Wildman–Crippen LogP) is 3.15. The van der Waals surface area contributed by atoms with Crippen LogP contribution >= 0.6 is 0 Å². The van der Waals surface area contributed by atoms with E-state index in [9.17, 15) is 0 Å². The van der Waals surface area contributed by atoms with Gasteiger partial charge < -0.3 is 10.2 Å². The van der Waals surface area contributed by atoms with Crippen molar-refractivity contribution in [2.75, 3.05) is 6.54 Å². The first-order valence-corrected chi connectivity index (χ1v) is 7.54. The predicted molar refractivity (Wildman–Crippen MR) is 76.7 cm³/mol. The maximum Gasteiger partial charge on any atom is 0.117 e. The van der Waals surface area contributed by atoms with Gasteiger partial charge in [0.1, 0.15) is 5.76 Å². The minimum atomic E-state index is 0.192. The molecule has 0 aromatic carbocycles. The summed E-state index contributed by atoms with van der Waals surface area (Å²) in [7, 11) is 0. The van der Waals surface area contributed by atoms with Crippen molar-refractivity contribution in [2.45, 2.75) is 64.1 Å². The molecule has 2 aliphatic carbocycles. The number of furan rings is 1. The fraction of sp³-hybridized carbons (Fsp3) is 0.750. The average Bonchev–Trinajstić information content (AvgIpc) is 2.98. The van der Waals surface area contributed by atoms with Gasteiger partial charge in [-0.2, -0.15) is 0 Å². The second-order valence-electron chi connectivity index (χ2n) is 7.21. The molecule has 0 amide bonds. The van der Waals surface area contributed by atoms with Gasteiger partial charge in [-0.3, -0.25) is 4.90 Å². The summed E-state index contributed by atoms with van der Waals surface area (Å²) in [4.78, 5) is 2.65. The number of hydrogen-bond donors (Lipinski definition) is 1. The Morgan fingerprint density at radius 1 is 1.37 bits per heavy atom. The van der Waals surface area contributed by atoms with Crippen molar-refractivity contribution in [3.63, 3.8) is 0 Å². The van der Waals surface area contributed by atoms with Crippen LogP contribution in [0.4, 0.5) is 0 Å². The second kappa shape index (κ2) is 4.64. The summed E-state index contributed by atoms with van der Waals surface area (Å²) < 4.78 is 5.56. The van der Waals surface area contributed by atoms with Crippen molar-refractivity contribution in [1.82, 2.24) is 4.90 Å². The highest BCUT2D eigenvalue weighted by atomic mass is 16.3. The van der Waals surface area contributed by atoms with E-state index in [0.29, 0.717) is 5.41 Å². The summed E-state index contributed by atoms with van der Waals surface area (Å²) in [6.07, 6.45) is 8.15. The highest BCUT2D eigenvalue weighted by Gasteiger charge is 2.50. The van der Waals surface area contributed by atoms with Crippen LogP contribution in [0.3, 0.4) is 0 Å². The van der Waals surface area contributed by atoms with Crippen LogP contribution in [0.25, 0.3) is 0 Å². The highest BCUT2D eigenvalue weighted by Crippen LogP contribution is 2.49. The van der Waals surface area contributed by atoms with Crippen LogP contribution in [0.2, 0.25) is 0 Å². The monoisotopic (exact) mass is 262 g/mol. The number of nitrogens with two attached hydrogens (primary N) is 1. The average molecular weight is 262 g/mol. The highest BCUT2D eigenvalue weighted by molar-refractivity contribution is 5.09. The van der Waals surface area contributed by atoms with E-state index in [-0.39, 0.29) is 5.54 Å². The van der Waals surface area contributed by atoms with Crippen LogP contribution in [-0.4, -0.2) is 23.0 Å². The molecule has 0 spiro atoms. The van der Waals surface area contributed by atoms with Gasteiger partial charge in [0.25, 0.3) is 0 Å². The Morgan fingerprint density at radius 2 is 2.16 bits per heavy atom. The molecule has 0 bridgehead atoms. The molecule has 1 heterocycles. The van der Waals surface area contributed by atoms with E-state index in [1.54, 1.807) is 6.26 Å². The molecule has 1 aromatic rings. The molecule has 2 N–H and O–H groups in total. The van der Waals surface area contributed by atoms with Crippen LogP contribution in [-0.2, 0) is 6.54 Å². The van der Waals surface area contributed by atoms with Gasteiger partial charge in [0.05, 0.1) is 12.8 Å². The lowest BCUT2D eigenvalue weighted by molar-refractivity contribution is 0.0646. The van der Waals surface area contributed by atoms with E-state index in [0.717, 1.165) is 24.9 Å². The molecule has 3 nitrogen and oxygen atoms in total. The third kappa shape index (κ3) is 2.59. The molecule has 3 rings (SSSR count). The van der Waals surface area contributed by atoms with Crippen molar-refractivity contribution < 1.29 is 4.42 Å². The molecule has 2 saturated carbocycles. The van der Waals surface area contributed by atoms with E-state index in [1.807, 2.05) is 6.07 Å². The molecule has 2 fully saturated rings. The maximum atomic E-state index is 6.21. The fourth-order valence-electron chi connectivity index (χ4n) is 3.82. The molecular weight excluding hydrogens is 236 g/mol. The number of rotatable bonds is 5. The van der Waals surface area contributed by atoms with E-state index in [2.05, 4.69) is 24.8 Å². The second-order valence-corrected chi connectivity index (χ2v) is 7.21. The number of hydrogen-bond acceptors (Lipinski definition) is 3. The zero-order chi connectivity index (χ0) is 13.5. The zero-order valence-corrected chi connectivity index (χ0v) is 12.2. The van der Waals surface area contributed by atoms with Crippen LogP contribution in [0.1, 0.15) is 51.7 Å². The van der Waals surface area contributed by atoms with Crippen LogP contribution in [0.15, 0.2) is 22.8 Å². The largest absolute Gasteiger partial charge is 0.468 e. The van der Waals surface area contributed by atoms with Gasteiger partial charge in [0.2, 0.25) is 0 Å². The molecule has 0 aliphatic heterocycles. The van der Waals surface area contributed by atoms with Gasteiger partial charge in [-0.1, -0.05) is 13.8 Å². The van der Waals surface area contributed by atoms with Crippen molar-refractivity contribution in [1.29, 1.82) is 0 Å². The Labute approximate surface area is 116 Å². The molecule has 19 heavy (non-hydrogen) atoms. The molecule has 0 radical (unpaired) electrons. The third-order valence-corrected chi connectivity index (χ3v) is 4.96. The lowest BCUT2D eigenvalue weighted by Crippen LogP contribution is -2.53.